The molecule has 1 aromatic heterocycles. The molecule has 1 rings (SSSR count). The highest BCUT2D eigenvalue weighted by Gasteiger charge is 2.29. The molecule has 0 saturated carbocycles. The number of hydrogen-bond donors (Lipinski definition) is 3. The third-order valence-electron chi connectivity index (χ3n) is 2.30. The van der Waals surface area contributed by atoms with Crippen molar-refractivity contribution in [2.24, 2.45) is 0 Å². The lowest BCUT2D eigenvalue weighted by Gasteiger charge is -2.21. The summed E-state index contributed by atoms with van der Waals surface area (Å²) >= 11 is 3.11. The summed E-state index contributed by atoms with van der Waals surface area (Å²) in [6.45, 7) is 3.33. The molecule has 3 N–H and O–H groups in total. The van der Waals surface area contributed by atoms with Crippen LogP contribution in [0.3, 0.4) is 0 Å². The fourth-order valence-electron chi connectivity index (χ4n) is 1.45. The van der Waals surface area contributed by atoms with Crippen LogP contribution in [0.1, 0.15) is 26.7 Å². The summed E-state index contributed by atoms with van der Waals surface area (Å²) in [5.74, 6) is -0.517. The largest absolute Gasteiger partial charge is 0.380 e. The van der Waals surface area contributed by atoms with Crippen LogP contribution in [0.15, 0.2) is 21.5 Å². The number of aromatic nitrogens is 1. The second-order valence-electron chi connectivity index (χ2n) is 4.06. The van der Waals surface area contributed by atoms with Crippen molar-refractivity contribution < 1.29 is 9.90 Å². The molecule has 94 valence electrons. The number of carbonyl (C=O) groups excluding carboxylic acids is 1. The molecule has 6 heteroatoms. The van der Waals surface area contributed by atoms with Crippen LogP contribution in [0.2, 0.25) is 0 Å². The van der Waals surface area contributed by atoms with Gasteiger partial charge in [0, 0.05) is 11.8 Å². The van der Waals surface area contributed by atoms with Crippen molar-refractivity contribution in [3.63, 3.8) is 0 Å². The number of nitrogens with one attached hydrogen (secondary N) is 2. The molecule has 1 atom stereocenters. The summed E-state index contributed by atoms with van der Waals surface area (Å²) in [5.41, 5.74) is -1.41. The summed E-state index contributed by atoms with van der Waals surface area (Å²) < 4.78 is 0.468. The van der Waals surface area contributed by atoms with Gasteiger partial charge in [0.2, 0.25) is 0 Å². The maximum atomic E-state index is 11.8. The number of pyridine rings is 1. The Balaban J connectivity index is 2.84. The molecular formula is C11H15BrN2O3. The summed E-state index contributed by atoms with van der Waals surface area (Å²) in [4.78, 5) is 25.4. The van der Waals surface area contributed by atoms with Gasteiger partial charge in [-0.05, 0) is 35.3 Å². The zero-order chi connectivity index (χ0) is 13.1. The number of hydrogen-bond acceptors (Lipinski definition) is 3. The quantitative estimate of drug-likeness (QED) is 0.739. The van der Waals surface area contributed by atoms with Gasteiger partial charge in [-0.15, -0.1) is 0 Å². The molecule has 0 spiro atoms. The van der Waals surface area contributed by atoms with Gasteiger partial charge in [0.1, 0.15) is 5.60 Å². The van der Waals surface area contributed by atoms with E-state index >= 15 is 0 Å². The normalized spacial score (nSPS) is 14.1. The number of H-pyrrole nitrogens is 1. The van der Waals surface area contributed by atoms with Crippen molar-refractivity contribution >= 4 is 27.5 Å². The van der Waals surface area contributed by atoms with Gasteiger partial charge in [-0.2, -0.15) is 0 Å². The van der Waals surface area contributed by atoms with E-state index in [9.17, 15) is 14.7 Å². The molecule has 0 saturated heterocycles. The van der Waals surface area contributed by atoms with Crippen LogP contribution in [0.5, 0.6) is 0 Å². The van der Waals surface area contributed by atoms with Crippen molar-refractivity contribution in [1.29, 1.82) is 0 Å². The lowest BCUT2D eigenvalue weighted by molar-refractivity contribution is -0.133. The zero-order valence-corrected chi connectivity index (χ0v) is 11.3. The van der Waals surface area contributed by atoms with Gasteiger partial charge in [0.05, 0.1) is 4.60 Å². The van der Waals surface area contributed by atoms with E-state index in [0.717, 1.165) is 0 Å². The Kier molecular flexibility index (Phi) is 4.47. The first-order chi connectivity index (χ1) is 7.85. The third kappa shape index (κ3) is 3.98. The van der Waals surface area contributed by atoms with Crippen molar-refractivity contribution in [1.82, 2.24) is 4.98 Å². The van der Waals surface area contributed by atoms with E-state index in [-0.39, 0.29) is 5.56 Å². The number of amides is 1. The number of aromatic amines is 1. The van der Waals surface area contributed by atoms with Crippen LogP contribution in [-0.4, -0.2) is 21.6 Å². The number of halogens is 1. The molecule has 0 aliphatic carbocycles. The van der Waals surface area contributed by atoms with E-state index in [2.05, 4.69) is 26.2 Å². The highest BCUT2D eigenvalue weighted by molar-refractivity contribution is 9.10. The Morgan fingerprint density at radius 3 is 2.76 bits per heavy atom. The Morgan fingerprint density at radius 2 is 2.24 bits per heavy atom. The van der Waals surface area contributed by atoms with Gasteiger partial charge in [-0.1, -0.05) is 13.3 Å². The van der Waals surface area contributed by atoms with Gasteiger partial charge >= 0.3 is 0 Å². The molecular weight excluding hydrogens is 288 g/mol. The van der Waals surface area contributed by atoms with Crippen molar-refractivity contribution in [3.05, 3.63) is 27.1 Å². The van der Waals surface area contributed by atoms with Crippen LogP contribution < -0.4 is 10.9 Å². The minimum Gasteiger partial charge on any atom is -0.380 e. The SMILES string of the molecule is CCCC(C)(O)C(=O)Nc1cc(Br)[nH]c(=O)c1. The third-order valence-corrected chi connectivity index (χ3v) is 2.72. The van der Waals surface area contributed by atoms with Gasteiger partial charge in [-0.25, -0.2) is 0 Å². The summed E-state index contributed by atoms with van der Waals surface area (Å²) in [5, 5.41) is 12.4. The average Bonchev–Trinajstić information content (AvgIpc) is 2.15. The number of carbonyl (C=O) groups is 1. The first-order valence-electron chi connectivity index (χ1n) is 5.29. The van der Waals surface area contributed by atoms with E-state index in [4.69, 9.17) is 0 Å². The molecule has 1 heterocycles. The zero-order valence-electron chi connectivity index (χ0n) is 9.71. The van der Waals surface area contributed by atoms with E-state index in [1.165, 1.54) is 13.0 Å². The first-order valence-corrected chi connectivity index (χ1v) is 6.08. The molecule has 0 aromatic carbocycles. The van der Waals surface area contributed by atoms with Crippen LogP contribution in [0, 0.1) is 0 Å². The van der Waals surface area contributed by atoms with E-state index in [1.807, 2.05) is 6.92 Å². The summed E-state index contributed by atoms with van der Waals surface area (Å²) in [7, 11) is 0. The maximum Gasteiger partial charge on any atom is 0.256 e. The molecule has 0 bridgehead atoms. The monoisotopic (exact) mass is 302 g/mol. The molecule has 1 amide bonds. The molecule has 1 aromatic rings. The van der Waals surface area contributed by atoms with Gasteiger partial charge in [0.15, 0.2) is 0 Å². The van der Waals surface area contributed by atoms with Crippen LogP contribution in [0.4, 0.5) is 5.69 Å². The Hall–Kier alpha value is -1.14. The molecule has 5 nitrogen and oxygen atoms in total. The Labute approximate surface area is 107 Å². The van der Waals surface area contributed by atoms with E-state index in [0.29, 0.717) is 23.1 Å². The van der Waals surface area contributed by atoms with Gasteiger partial charge < -0.3 is 15.4 Å². The topological polar surface area (TPSA) is 82.2 Å². The lowest BCUT2D eigenvalue weighted by Crippen LogP contribution is -2.40. The van der Waals surface area contributed by atoms with E-state index < -0.39 is 11.5 Å². The molecule has 0 radical (unpaired) electrons. The maximum absolute atomic E-state index is 11.8. The highest BCUT2D eigenvalue weighted by atomic mass is 79.9. The standard InChI is InChI=1S/C11H15BrN2O3/c1-3-4-11(2,17)10(16)13-7-5-8(12)14-9(15)6-7/h5-6,17H,3-4H2,1-2H3,(H2,13,14,15,16). The molecule has 0 aliphatic rings. The minimum atomic E-state index is -1.43. The summed E-state index contributed by atoms with van der Waals surface area (Å²) in [6, 6.07) is 2.81. The predicted octanol–water partition coefficient (Wildman–Crippen LogP) is 1.63. The van der Waals surface area contributed by atoms with Gasteiger partial charge in [0.25, 0.3) is 11.5 Å². The molecule has 0 aliphatic heterocycles. The average molecular weight is 303 g/mol. The van der Waals surface area contributed by atoms with Crippen molar-refractivity contribution in [2.45, 2.75) is 32.3 Å². The van der Waals surface area contributed by atoms with Crippen LogP contribution >= 0.6 is 15.9 Å². The lowest BCUT2D eigenvalue weighted by atomic mass is 10.00. The number of anilines is 1. The first kappa shape index (κ1) is 13.9. The number of rotatable bonds is 4. The van der Waals surface area contributed by atoms with E-state index in [1.54, 1.807) is 6.07 Å². The highest BCUT2D eigenvalue weighted by Crippen LogP contribution is 2.16. The van der Waals surface area contributed by atoms with Crippen molar-refractivity contribution in [2.75, 3.05) is 5.32 Å². The minimum absolute atomic E-state index is 0.329. The van der Waals surface area contributed by atoms with Gasteiger partial charge in [-0.3, -0.25) is 9.59 Å². The predicted molar refractivity (Wildman–Crippen MR) is 68.9 cm³/mol. The Bertz CT molecular complexity index is 468. The second-order valence-corrected chi connectivity index (χ2v) is 4.91. The summed E-state index contributed by atoms with van der Waals surface area (Å²) in [6.07, 6.45) is 1.06. The number of aliphatic hydroxyl groups is 1. The fraction of sp³-hybridized carbons (Fsp3) is 0.455. The van der Waals surface area contributed by atoms with Crippen molar-refractivity contribution in [3.8, 4) is 0 Å². The van der Waals surface area contributed by atoms with Crippen LogP contribution in [-0.2, 0) is 4.79 Å². The second kappa shape index (κ2) is 5.46. The smallest absolute Gasteiger partial charge is 0.256 e. The Morgan fingerprint density at radius 1 is 1.59 bits per heavy atom. The van der Waals surface area contributed by atoms with Crippen LogP contribution in [0.25, 0.3) is 0 Å². The molecule has 0 fully saturated rings. The molecule has 17 heavy (non-hydrogen) atoms. The molecule has 1 unspecified atom stereocenters. The fourth-order valence-corrected chi connectivity index (χ4v) is 1.89.